The van der Waals surface area contributed by atoms with Crippen molar-refractivity contribution in [2.75, 3.05) is 28.7 Å². The number of benzene rings is 2. The smallest absolute Gasteiger partial charge is 0.247 e. The Bertz CT molecular complexity index is 1420. The first kappa shape index (κ1) is 21.5. The van der Waals surface area contributed by atoms with E-state index in [1.807, 2.05) is 50.2 Å². The third-order valence-corrected chi connectivity index (χ3v) is 7.10. The third-order valence-electron chi connectivity index (χ3n) is 7.10. The van der Waals surface area contributed by atoms with Gasteiger partial charge in [-0.1, -0.05) is 36.4 Å². The van der Waals surface area contributed by atoms with E-state index in [9.17, 15) is 9.90 Å². The van der Waals surface area contributed by atoms with E-state index in [0.717, 1.165) is 29.2 Å². The quantitative estimate of drug-likeness (QED) is 0.409. The summed E-state index contributed by atoms with van der Waals surface area (Å²) in [6.07, 6.45) is 4.35. The van der Waals surface area contributed by atoms with Crippen molar-refractivity contribution in [2.45, 2.75) is 31.7 Å². The molecule has 1 amide bonds. The predicted octanol–water partition coefficient (Wildman–Crippen LogP) is 3.66. The molecule has 2 aromatic heterocycles. The highest BCUT2D eigenvalue weighted by molar-refractivity contribution is 6.06. The van der Waals surface area contributed by atoms with E-state index >= 15 is 0 Å². The van der Waals surface area contributed by atoms with E-state index < -0.39 is 5.41 Å². The molecule has 0 aliphatic carbocycles. The lowest BCUT2D eigenvalue weighted by Gasteiger charge is -2.26. The SMILES string of the molecule is CC1(C)C(=O)Nc2cc(Nc3nc4c(N5CC(CO)C[C@H]5c5ccccc5)nccn4n3)ccc21. The number of aliphatic hydroxyl groups excluding tert-OH is 1. The first-order valence-corrected chi connectivity index (χ1v) is 11.8. The molecule has 6 rings (SSSR count). The van der Waals surface area contributed by atoms with Crippen molar-refractivity contribution in [3.8, 4) is 0 Å². The van der Waals surface area contributed by atoms with Crippen LogP contribution >= 0.6 is 0 Å². The molecule has 2 aliphatic heterocycles. The van der Waals surface area contributed by atoms with Crippen LogP contribution in [0.3, 0.4) is 0 Å². The highest BCUT2D eigenvalue weighted by Crippen LogP contribution is 2.40. The average molecular weight is 470 g/mol. The first-order valence-electron chi connectivity index (χ1n) is 11.8. The number of rotatable bonds is 5. The van der Waals surface area contributed by atoms with Gasteiger partial charge in [0.1, 0.15) is 0 Å². The number of anilines is 4. The molecule has 0 bridgehead atoms. The molecule has 1 unspecified atom stereocenters. The molecule has 4 heterocycles. The lowest BCUT2D eigenvalue weighted by Crippen LogP contribution is -2.26. The number of carbonyl (C=O) groups excluding carboxylic acids is 1. The molecule has 1 saturated heterocycles. The zero-order chi connectivity index (χ0) is 24.2. The second-order valence-electron chi connectivity index (χ2n) is 9.78. The second kappa shape index (κ2) is 8.06. The molecule has 0 spiro atoms. The maximum atomic E-state index is 12.3. The molecule has 2 aromatic carbocycles. The van der Waals surface area contributed by atoms with Crippen molar-refractivity contribution < 1.29 is 9.90 Å². The van der Waals surface area contributed by atoms with Crippen molar-refractivity contribution in [2.24, 2.45) is 5.92 Å². The number of nitrogens with zero attached hydrogens (tertiary/aromatic N) is 5. The fourth-order valence-corrected chi connectivity index (χ4v) is 5.14. The zero-order valence-corrected chi connectivity index (χ0v) is 19.6. The molecule has 9 heteroatoms. The van der Waals surface area contributed by atoms with Gasteiger partial charge in [0.2, 0.25) is 11.9 Å². The van der Waals surface area contributed by atoms with Crippen LogP contribution in [0.15, 0.2) is 60.9 Å². The maximum Gasteiger partial charge on any atom is 0.247 e. The number of carbonyl (C=O) groups is 1. The van der Waals surface area contributed by atoms with Gasteiger partial charge >= 0.3 is 0 Å². The fourth-order valence-electron chi connectivity index (χ4n) is 5.14. The first-order chi connectivity index (χ1) is 16.9. The van der Waals surface area contributed by atoms with Crippen molar-refractivity contribution in [1.82, 2.24) is 19.6 Å². The van der Waals surface area contributed by atoms with Crippen LogP contribution in [0.25, 0.3) is 5.65 Å². The van der Waals surface area contributed by atoms with Gasteiger partial charge in [-0.25, -0.2) is 9.50 Å². The fraction of sp³-hybridized carbons (Fsp3) is 0.308. The minimum Gasteiger partial charge on any atom is -0.396 e. The van der Waals surface area contributed by atoms with Crippen LogP contribution in [0.1, 0.15) is 37.4 Å². The Morgan fingerprint density at radius 2 is 2.03 bits per heavy atom. The van der Waals surface area contributed by atoms with Crippen molar-refractivity contribution >= 4 is 34.7 Å². The van der Waals surface area contributed by atoms with E-state index in [-0.39, 0.29) is 24.5 Å². The summed E-state index contributed by atoms with van der Waals surface area (Å²) in [5.41, 5.74) is 3.85. The van der Waals surface area contributed by atoms with Crippen LogP contribution in [0.4, 0.5) is 23.1 Å². The minimum atomic E-state index is -0.548. The standard InChI is InChI=1S/C26H27N7O2/c1-26(2)19-9-8-18(13-20(19)29-24(26)35)28-25-30-23-22(27-10-11-33(23)31-25)32-14-16(15-34)12-21(32)17-6-4-3-5-7-17/h3-11,13,16,21,34H,12,14-15H2,1-2H3,(H,28,31)(H,29,35)/t16?,21-/m0/s1. The van der Waals surface area contributed by atoms with Gasteiger partial charge < -0.3 is 20.6 Å². The van der Waals surface area contributed by atoms with Crippen LogP contribution in [-0.4, -0.2) is 43.7 Å². The maximum absolute atomic E-state index is 12.3. The molecular weight excluding hydrogens is 442 g/mol. The number of aromatic nitrogens is 4. The minimum absolute atomic E-state index is 0.00834. The van der Waals surface area contributed by atoms with Gasteiger partial charge in [-0.3, -0.25) is 4.79 Å². The highest BCUT2D eigenvalue weighted by Gasteiger charge is 2.38. The summed E-state index contributed by atoms with van der Waals surface area (Å²) in [5.74, 6) is 1.33. The van der Waals surface area contributed by atoms with Gasteiger partial charge in [0.15, 0.2) is 11.5 Å². The summed E-state index contributed by atoms with van der Waals surface area (Å²) in [7, 11) is 0. The van der Waals surface area contributed by atoms with Gasteiger partial charge in [0.05, 0.1) is 11.5 Å². The van der Waals surface area contributed by atoms with Crippen LogP contribution in [0, 0.1) is 5.92 Å². The normalized spacial score (nSPS) is 20.8. The Hall–Kier alpha value is -3.98. The number of fused-ring (bicyclic) bond motifs is 2. The zero-order valence-electron chi connectivity index (χ0n) is 19.6. The molecule has 9 nitrogen and oxygen atoms in total. The largest absolute Gasteiger partial charge is 0.396 e. The summed E-state index contributed by atoms with van der Waals surface area (Å²) in [6, 6.07) is 16.2. The Morgan fingerprint density at radius 1 is 1.20 bits per heavy atom. The second-order valence-corrected chi connectivity index (χ2v) is 9.78. The Morgan fingerprint density at radius 3 is 2.83 bits per heavy atom. The van der Waals surface area contributed by atoms with Gasteiger partial charge in [0, 0.05) is 42.8 Å². The van der Waals surface area contributed by atoms with E-state index in [2.05, 4.69) is 37.7 Å². The van der Waals surface area contributed by atoms with Crippen LogP contribution < -0.4 is 15.5 Å². The van der Waals surface area contributed by atoms with Gasteiger partial charge in [-0.05, 0) is 43.5 Å². The molecule has 1 fully saturated rings. The van der Waals surface area contributed by atoms with Gasteiger partial charge in [0.25, 0.3) is 0 Å². The number of hydrogen-bond donors (Lipinski definition) is 3. The van der Waals surface area contributed by atoms with Crippen molar-refractivity contribution in [3.63, 3.8) is 0 Å². The lowest BCUT2D eigenvalue weighted by atomic mass is 9.86. The molecular formula is C26H27N7O2. The van der Waals surface area contributed by atoms with Crippen molar-refractivity contribution in [1.29, 1.82) is 0 Å². The van der Waals surface area contributed by atoms with Crippen LogP contribution in [0.2, 0.25) is 0 Å². The monoisotopic (exact) mass is 469 g/mol. The van der Waals surface area contributed by atoms with E-state index in [1.165, 1.54) is 5.56 Å². The number of amides is 1. The molecule has 0 saturated carbocycles. The topological polar surface area (TPSA) is 108 Å². The Kier molecular flexibility index (Phi) is 4.96. The summed E-state index contributed by atoms with van der Waals surface area (Å²) >= 11 is 0. The van der Waals surface area contributed by atoms with E-state index in [0.29, 0.717) is 18.1 Å². The van der Waals surface area contributed by atoms with Gasteiger partial charge in [-0.15, -0.1) is 5.10 Å². The predicted molar refractivity (Wildman–Crippen MR) is 134 cm³/mol. The van der Waals surface area contributed by atoms with E-state index in [1.54, 1.807) is 16.9 Å². The van der Waals surface area contributed by atoms with Crippen LogP contribution in [0.5, 0.6) is 0 Å². The van der Waals surface area contributed by atoms with E-state index in [4.69, 9.17) is 4.98 Å². The molecule has 4 aromatic rings. The molecule has 0 radical (unpaired) electrons. The summed E-state index contributed by atoms with van der Waals surface area (Å²) in [5, 5.41) is 20.7. The van der Waals surface area contributed by atoms with Crippen molar-refractivity contribution in [3.05, 3.63) is 72.1 Å². The number of hydrogen-bond acceptors (Lipinski definition) is 7. The molecule has 2 atom stereocenters. The molecule has 178 valence electrons. The Labute approximate surface area is 202 Å². The third kappa shape index (κ3) is 3.59. The Balaban J connectivity index is 1.33. The summed E-state index contributed by atoms with van der Waals surface area (Å²) < 4.78 is 1.72. The number of nitrogens with one attached hydrogen (secondary N) is 2. The lowest BCUT2D eigenvalue weighted by molar-refractivity contribution is -0.119. The van der Waals surface area contributed by atoms with Gasteiger partial charge in [-0.2, -0.15) is 4.98 Å². The summed E-state index contributed by atoms with van der Waals surface area (Å²) in [4.78, 5) is 23.9. The summed E-state index contributed by atoms with van der Waals surface area (Å²) in [6.45, 7) is 4.66. The molecule has 2 aliphatic rings. The van der Waals surface area contributed by atoms with Crippen LogP contribution in [-0.2, 0) is 10.2 Å². The highest BCUT2D eigenvalue weighted by atomic mass is 16.3. The average Bonchev–Trinajstić information content (AvgIpc) is 3.53. The molecule has 3 N–H and O–H groups in total. The molecule has 35 heavy (non-hydrogen) atoms. The number of aliphatic hydroxyl groups is 1.